The van der Waals surface area contributed by atoms with Crippen LogP contribution in [0.25, 0.3) is 0 Å². The van der Waals surface area contributed by atoms with Gasteiger partial charge in [-0.2, -0.15) is 0 Å². The molecular formula is C36H59NO4. The first kappa shape index (κ1) is 31.1. The minimum atomic E-state index is -1.11. The van der Waals surface area contributed by atoms with Crippen molar-refractivity contribution in [2.45, 2.75) is 138 Å². The molecule has 5 fully saturated rings. The smallest absolute Gasteiger partial charge is 0.309 e. The van der Waals surface area contributed by atoms with Crippen LogP contribution in [-0.2, 0) is 14.3 Å². The molecule has 5 rings (SSSR count). The van der Waals surface area contributed by atoms with Gasteiger partial charge >= 0.3 is 11.9 Å². The highest BCUT2D eigenvalue weighted by molar-refractivity contribution is 5.81. The second-order valence-corrected chi connectivity index (χ2v) is 17.3. The van der Waals surface area contributed by atoms with E-state index in [9.17, 15) is 14.7 Å². The SMILES string of the molecule is C=C(C)[C@@H]1CC[C@]2(NC)CC[C@]3(C)[C@H](CC[C@@H]4[C@@]5(C)CC[C@H](OC(=O)CC(C)(C)C(=O)O)C(C)(C)[C@@H]5CC[C@]43C)[C@@H]12. The standard InChI is InChI=1S/C36H59NO4/c1-22(2)23-13-18-36(37-10)20-19-34(8)24(29(23)36)11-12-26-33(7)16-15-27(41-28(38)21-31(3,4)30(39)40)32(5,6)25(33)14-17-35(26,34)9/h23-27,29,37H,1,11-21H2,2-10H3,(H,39,40)/t23-,24+,25-,26+,27-,29+,33-,34+,35+,36-/m0/s1. The molecule has 10 atom stereocenters. The van der Waals surface area contributed by atoms with Crippen LogP contribution in [0.5, 0.6) is 0 Å². The second kappa shape index (κ2) is 9.83. The molecule has 0 heterocycles. The number of carbonyl (C=O) groups is 2. The Labute approximate surface area is 250 Å². The van der Waals surface area contributed by atoms with E-state index in [1.54, 1.807) is 13.8 Å². The van der Waals surface area contributed by atoms with Crippen molar-refractivity contribution in [1.29, 1.82) is 0 Å². The number of fused-ring (bicyclic) bond motifs is 7. The number of ether oxygens (including phenoxy) is 1. The minimum Gasteiger partial charge on any atom is -0.481 e. The average molecular weight is 570 g/mol. The average Bonchev–Trinajstić information content (AvgIpc) is 3.26. The highest BCUT2D eigenvalue weighted by Gasteiger charge is 2.71. The van der Waals surface area contributed by atoms with Crippen molar-refractivity contribution in [3.63, 3.8) is 0 Å². The summed E-state index contributed by atoms with van der Waals surface area (Å²) in [6.45, 7) is 22.6. The third-order valence-electron chi connectivity index (χ3n) is 14.9. The van der Waals surface area contributed by atoms with E-state index < -0.39 is 11.4 Å². The molecular weight excluding hydrogens is 510 g/mol. The zero-order valence-electron chi connectivity index (χ0n) is 27.6. The zero-order valence-corrected chi connectivity index (χ0v) is 27.6. The highest BCUT2D eigenvalue weighted by atomic mass is 16.5. The van der Waals surface area contributed by atoms with Gasteiger partial charge in [0.15, 0.2) is 0 Å². The van der Waals surface area contributed by atoms with Crippen LogP contribution < -0.4 is 5.32 Å². The van der Waals surface area contributed by atoms with Gasteiger partial charge in [0.2, 0.25) is 0 Å². The maximum atomic E-state index is 13.0. The Morgan fingerprint density at radius 1 is 0.902 bits per heavy atom. The van der Waals surface area contributed by atoms with Crippen molar-refractivity contribution < 1.29 is 19.4 Å². The van der Waals surface area contributed by atoms with Crippen molar-refractivity contribution in [1.82, 2.24) is 5.32 Å². The molecule has 0 radical (unpaired) electrons. The fourth-order valence-corrected chi connectivity index (χ4v) is 12.4. The number of hydrogen-bond acceptors (Lipinski definition) is 4. The molecule has 0 saturated heterocycles. The topological polar surface area (TPSA) is 75.6 Å². The van der Waals surface area contributed by atoms with Gasteiger partial charge in [-0.1, -0.05) is 46.8 Å². The number of aliphatic carboxylic acids is 1. The molecule has 0 aromatic rings. The molecule has 0 unspecified atom stereocenters. The van der Waals surface area contributed by atoms with E-state index in [4.69, 9.17) is 4.74 Å². The van der Waals surface area contributed by atoms with E-state index in [2.05, 4.69) is 60.5 Å². The van der Waals surface area contributed by atoms with Crippen molar-refractivity contribution in [3.05, 3.63) is 12.2 Å². The molecule has 5 aliphatic rings. The molecule has 5 heteroatoms. The highest BCUT2D eigenvalue weighted by Crippen LogP contribution is 2.76. The molecule has 41 heavy (non-hydrogen) atoms. The lowest BCUT2D eigenvalue weighted by Crippen LogP contribution is -2.68. The predicted octanol–water partition coefficient (Wildman–Crippen LogP) is 8.03. The van der Waals surface area contributed by atoms with Crippen molar-refractivity contribution in [2.24, 2.45) is 56.7 Å². The largest absolute Gasteiger partial charge is 0.481 e. The lowest BCUT2D eigenvalue weighted by Gasteiger charge is -2.73. The Hall–Kier alpha value is -1.36. The third kappa shape index (κ3) is 4.32. The number of rotatable bonds is 6. The summed E-state index contributed by atoms with van der Waals surface area (Å²) in [7, 11) is 2.21. The first-order valence-corrected chi connectivity index (χ1v) is 16.7. The maximum absolute atomic E-state index is 13.0. The number of carboxylic acids is 1. The molecule has 5 saturated carbocycles. The summed E-state index contributed by atoms with van der Waals surface area (Å²) in [6, 6.07) is 0. The Balaban J connectivity index is 1.41. The van der Waals surface area contributed by atoms with Gasteiger partial charge in [-0.05, 0) is 138 Å². The summed E-state index contributed by atoms with van der Waals surface area (Å²) in [6.07, 6.45) is 11.9. The van der Waals surface area contributed by atoms with E-state index in [0.29, 0.717) is 34.5 Å². The summed E-state index contributed by atoms with van der Waals surface area (Å²) < 4.78 is 6.14. The fourth-order valence-electron chi connectivity index (χ4n) is 12.4. The van der Waals surface area contributed by atoms with E-state index in [1.807, 2.05) is 0 Å². The summed E-state index contributed by atoms with van der Waals surface area (Å²) in [5.74, 6) is 1.89. The molecule has 0 amide bonds. The molecule has 0 spiro atoms. The minimum absolute atomic E-state index is 0.0856. The zero-order chi connectivity index (χ0) is 30.4. The lowest BCUT2D eigenvalue weighted by atomic mass is 9.32. The van der Waals surface area contributed by atoms with Crippen LogP contribution in [0.4, 0.5) is 0 Å². The van der Waals surface area contributed by atoms with Crippen LogP contribution in [0.15, 0.2) is 12.2 Å². The summed E-state index contributed by atoms with van der Waals surface area (Å²) >= 11 is 0. The maximum Gasteiger partial charge on any atom is 0.309 e. The Morgan fingerprint density at radius 2 is 1.59 bits per heavy atom. The van der Waals surface area contributed by atoms with Gasteiger partial charge in [0.05, 0.1) is 11.8 Å². The second-order valence-electron chi connectivity index (χ2n) is 17.3. The monoisotopic (exact) mass is 569 g/mol. The van der Waals surface area contributed by atoms with Crippen molar-refractivity contribution in [3.8, 4) is 0 Å². The number of carboxylic acid groups (broad SMARTS) is 1. The Morgan fingerprint density at radius 3 is 2.20 bits per heavy atom. The van der Waals surface area contributed by atoms with E-state index >= 15 is 0 Å². The van der Waals surface area contributed by atoms with Crippen LogP contribution in [0.2, 0.25) is 0 Å². The Bertz CT molecular complexity index is 1100. The number of nitrogens with one attached hydrogen (secondary N) is 1. The van der Waals surface area contributed by atoms with Gasteiger partial charge < -0.3 is 15.2 Å². The molecule has 0 aromatic carbocycles. The molecule has 5 aliphatic carbocycles. The summed E-state index contributed by atoms with van der Waals surface area (Å²) in [5, 5.41) is 13.4. The molecule has 0 aromatic heterocycles. The number of carbonyl (C=O) groups excluding carboxylic acids is 1. The number of allylic oxidation sites excluding steroid dienone is 1. The number of hydrogen-bond donors (Lipinski definition) is 2. The third-order valence-corrected chi connectivity index (χ3v) is 14.9. The predicted molar refractivity (Wildman–Crippen MR) is 164 cm³/mol. The van der Waals surface area contributed by atoms with Gasteiger partial charge in [0.25, 0.3) is 0 Å². The van der Waals surface area contributed by atoms with Gasteiger partial charge in [-0.3, -0.25) is 9.59 Å². The van der Waals surface area contributed by atoms with Gasteiger partial charge in [0, 0.05) is 11.0 Å². The molecule has 2 N–H and O–H groups in total. The van der Waals surface area contributed by atoms with Crippen LogP contribution in [0, 0.1) is 56.7 Å². The first-order chi connectivity index (χ1) is 18.9. The molecule has 5 nitrogen and oxygen atoms in total. The van der Waals surface area contributed by atoms with Crippen LogP contribution in [0.3, 0.4) is 0 Å². The van der Waals surface area contributed by atoms with E-state index in [0.717, 1.165) is 18.8 Å². The summed E-state index contributed by atoms with van der Waals surface area (Å²) in [4.78, 5) is 24.6. The van der Waals surface area contributed by atoms with Gasteiger partial charge in [0.1, 0.15) is 6.10 Å². The Kier molecular flexibility index (Phi) is 7.45. The number of esters is 1. The van der Waals surface area contributed by atoms with E-state index in [-0.39, 0.29) is 34.9 Å². The first-order valence-electron chi connectivity index (χ1n) is 16.7. The van der Waals surface area contributed by atoms with Crippen molar-refractivity contribution >= 4 is 11.9 Å². The summed E-state index contributed by atoms with van der Waals surface area (Å²) in [5.41, 5.74) is 1.25. The normalized spacial score (nSPS) is 46.9. The van der Waals surface area contributed by atoms with E-state index in [1.165, 1.54) is 56.9 Å². The molecule has 0 bridgehead atoms. The van der Waals surface area contributed by atoms with Gasteiger partial charge in [-0.25, -0.2) is 0 Å². The van der Waals surface area contributed by atoms with Gasteiger partial charge in [-0.15, -0.1) is 0 Å². The van der Waals surface area contributed by atoms with Crippen LogP contribution >= 0.6 is 0 Å². The van der Waals surface area contributed by atoms with Crippen molar-refractivity contribution in [2.75, 3.05) is 7.05 Å². The fraction of sp³-hybridized carbons (Fsp3) is 0.889. The molecule has 0 aliphatic heterocycles. The quantitative estimate of drug-likeness (QED) is 0.250. The molecule has 232 valence electrons. The van der Waals surface area contributed by atoms with Crippen LogP contribution in [-0.4, -0.2) is 35.7 Å². The lowest BCUT2D eigenvalue weighted by molar-refractivity contribution is -0.246. The van der Waals surface area contributed by atoms with Crippen LogP contribution in [0.1, 0.15) is 126 Å².